The molecule has 0 bridgehead atoms. The first kappa shape index (κ1) is 9.49. The summed E-state index contributed by atoms with van der Waals surface area (Å²) >= 11 is 3.78. The summed E-state index contributed by atoms with van der Waals surface area (Å²) in [4.78, 5) is 2.15. The van der Waals surface area contributed by atoms with Gasteiger partial charge in [0.15, 0.2) is 0 Å². The van der Waals surface area contributed by atoms with Crippen LogP contribution in [0.4, 0.5) is 0 Å². The van der Waals surface area contributed by atoms with E-state index in [1.807, 2.05) is 0 Å². The van der Waals surface area contributed by atoms with Gasteiger partial charge < -0.3 is 0 Å². The fourth-order valence-electron chi connectivity index (χ4n) is 0.780. The molecule has 0 atom stereocenters. The zero-order valence-corrected chi connectivity index (χ0v) is 9.63. The molecule has 1 aromatic rings. The number of ether oxygens (including phenoxy) is 2. The zero-order chi connectivity index (χ0) is 8.27. The van der Waals surface area contributed by atoms with Crippen LogP contribution in [0.1, 0.15) is 10.7 Å². The molecule has 0 radical (unpaired) electrons. The second kappa shape index (κ2) is 4.43. The summed E-state index contributed by atoms with van der Waals surface area (Å²) in [6.45, 7) is 0. The molecule has 2 nitrogen and oxygen atoms in total. The normalized spacial score (nSPS) is 10.9. The van der Waals surface area contributed by atoms with Crippen LogP contribution >= 0.6 is 15.9 Å². The standard InChI is InChI=1S/C7H9BrO2Se/c1-9-7(10-2)6-3-5(8)4-11-6/h3-4,7H,1-2H3. The van der Waals surface area contributed by atoms with Crippen molar-refractivity contribution in [1.29, 1.82) is 0 Å². The summed E-state index contributed by atoms with van der Waals surface area (Å²) in [5.74, 6) is 0. The molecule has 0 aliphatic heterocycles. The minimum atomic E-state index is -0.165. The molecule has 0 N–H and O–H groups in total. The second-order valence-corrected chi connectivity index (χ2v) is 4.86. The van der Waals surface area contributed by atoms with Crippen LogP contribution < -0.4 is 0 Å². The fraction of sp³-hybridized carbons (Fsp3) is 0.429. The third-order valence-corrected chi connectivity index (χ3v) is 4.39. The Morgan fingerprint density at radius 2 is 2.09 bits per heavy atom. The Balaban J connectivity index is 2.73. The molecule has 0 fully saturated rings. The second-order valence-electron chi connectivity index (χ2n) is 1.97. The molecule has 4 heteroatoms. The Kier molecular flexibility index (Phi) is 3.82. The Morgan fingerprint density at radius 1 is 1.45 bits per heavy atom. The van der Waals surface area contributed by atoms with E-state index in [9.17, 15) is 0 Å². The fourth-order valence-corrected chi connectivity index (χ4v) is 3.56. The molecular weight excluding hydrogens is 275 g/mol. The summed E-state index contributed by atoms with van der Waals surface area (Å²) in [5.41, 5.74) is 0. The van der Waals surface area contributed by atoms with Gasteiger partial charge in [-0.3, -0.25) is 0 Å². The first-order valence-electron chi connectivity index (χ1n) is 3.07. The summed E-state index contributed by atoms with van der Waals surface area (Å²) in [5, 5.41) is 0. The van der Waals surface area contributed by atoms with Crippen molar-refractivity contribution in [2.45, 2.75) is 6.29 Å². The third-order valence-electron chi connectivity index (χ3n) is 1.25. The quantitative estimate of drug-likeness (QED) is 0.622. The van der Waals surface area contributed by atoms with Crippen LogP contribution in [0.3, 0.4) is 0 Å². The molecule has 0 saturated heterocycles. The van der Waals surface area contributed by atoms with Crippen molar-refractivity contribution >= 4 is 30.4 Å². The number of rotatable bonds is 3. The number of hydrogen-bond donors (Lipinski definition) is 0. The van der Waals surface area contributed by atoms with Crippen molar-refractivity contribution in [2.24, 2.45) is 0 Å². The van der Waals surface area contributed by atoms with Gasteiger partial charge in [0, 0.05) is 0 Å². The Labute approximate surface area is 80.4 Å². The van der Waals surface area contributed by atoms with Gasteiger partial charge in [0.1, 0.15) is 0 Å². The van der Waals surface area contributed by atoms with Crippen LogP contribution in [0, 0.1) is 0 Å². The Bertz CT molecular complexity index is 220. The minimum absolute atomic E-state index is 0.165. The first-order valence-corrected chi connectivity index (χ1v) is 5.71. The van der Waals surface area contributed by atoms with Gasteiger partial charge in [0.25, 0.3) is 0 Å². The van der Waals surface area contributed by atoms with Gasteiger partial charge in [-0.05, 0) is 0 Å². The van der Waals surface area contributed by atoms with E-state index in [0.29, 0.717) is 14.5 Å². The van der Waals surface area contributed by atoms with E-state index < -0.39 is 0 Å². The van der Waals surface area contributed by atoms with Crippen LogP contribution in [0.2, 0.25) is 0 Å². The van der Waals surface area contributed by atoms with Crippen LogP contribution in [0.5, 0.6) is 0 Å². The van der Waals surface area contributed by atoms with Crippen molar-refractivity contribution in [2.75, 3.05) is 14.2 Å². The van der Waals surface area contributed by atoms with E-state index in [4.69, 9.17) is 9.47 Å². The molecule has 1 rings (SSSR count). The first-order chi connectivity index (χ1) is 5.27. The summed E-state index contributed by atoms with van der Waals surface area (Å²) < 4.78 is 12.6. The van der Waals surface area contributed by atoms with E-state index in [0.717, 1.165) is 4.47 Å². The van der Waals surface area contributed by atoms with E-state index in [1.54, 1.807) is 14.2 Å². The summed E-state index contributed by atoms with van der Waals surface area (Å²) in [6, 6.07) is 2.05. The number of halogens is 1. The van der Waals surface area contributed by atoms with Gasteiger partial charge in [0.05, 0.1) is 0 Å². The number of hydrogen-bond acceptors (Lipinski definition) is 2. The molecule has 0 amide bonds. The molecule has 1 aromatic heterocycles. The van der Waals surface area contributed by atoms with Crippen molar-refractivity contribution in [3.8, 4) is 0 Å². The van der Waals surface area contributed by atoms with E-state index in [2.05, 4.69) is 26.9 Å². The molecule has 0 aliphatic carbocycles. The summed E-state index contributed by atoms with van der Waals surface area (Å²) in [6.07, 6.45) is -0.165. The van der Waals surface area contributed by atoms with Gasteiger partial charge in [-0.1, -0.05) is 0 Å². The van der Waals surface area contributed by atoms with Crippen molar-refractivity contribution in [1.82, 2.24) is 0 Å². The van der Waals surface area contributed by atoms with Crippen LogP contribution in [0.15, 0.2) is 15.5 Å². The predicted octanol–water partition coefficient (Wildman–Crippen LogP) is 1.80. The Morgan fingerprint density at radius 3 is 2.45 bits per heavy atom. The maximum absolute atomic E-state index is 5.10. The van der Waals surface area contributed by atoms with Gasteiger partial charge >= 0.3 is 80.3 Å². The molecule has 0 saturated carbocycles. The van der Waals surface area contributed by atoms with Gasteiger partial charge in [-0.15, -0.1) is 0 Å². The van der Waals surface area contributed by atoms with Crippen LogP contribution in [-0.4, -0.2) is 28.7 Å². The zero-order valence-electron chi connectivity index (χ0n) is 6.33. The molecule has 0 unspecified atom stereocenters. The van der Waals surface area contributed by atoms with Gasteiger partial charge in [0.2, 0.25) is 0 Å². The average molecular weight is 284 g/mol. The third kappa shape index (κ3) is 2.42. The average Bonchev–Trinajstić information content (AvgIpc) is 2.39. The molecule has 0 aliphatic rings. The summed E-state index contributed by atoms with van der Waals surface area (Å²) in [7, 11) is 3.30. The molecule has 0 aromatic carbocycles. The molecule has 11 heavy (non-hydrogen) atoms. The Hall–Kier alpha value is 0.399. The van der Waals surface area contributed by atoms with Crippen molar-refractivity contribution < 1.29 is 9.47 Å². The number of methoxy groups -OCH3 is 2. The van der Waals surface area contributed by atoms with Crippen molar-refractivity contribution in [3.63, 3.8) is 0 Å². The maximum atomic E-state index is 5.10. The molecule has 1 heterocycles. The van der Waals surface area contributed by atoms with Crippen LogP contribution in [0.25, 0.3) is 0 Å². The monoisotopic (exact) mass is 284 g/mol. The van der Waals surface area contributed by atoms with E-state index in [-0.39, 0.29) is 6.29 Å². The molecular formula is C7H9BrO2Se. The van der Waals surface area contributed by atoms with Crippen LogP contribution in [-0.2, 0) is 9.47 Å². The molecule has 62 valence electrons. The van der Waals surface area contributed by atoms with Gasteiger partial charge in [-0.2, -0.15) is 0 Å². The van der Waals surface area contributed by atoms with E-state index in [1.165, 1.54) is 4.44 Å². The topological polar surface area (TPSA) is 18.5 Å². The van der Waals surface area contributed by atoms with E-state index >= 15 is 0 Å². The SMILES string of the molecule is COC(OC)c1cc(Br)c[se]1. The van der Waals surface area contributed by atoms with Crippen molar-refractivity contribution in [3.05, 3.63) is 19.9 Å². The predicted molar refractivity (Wildman–Crippen MR) is 47.8 cm³/mol. The van der Waals surface area contributed by atoms with Gasteiger partial charge in [-0.25, -0.2) is 0 Å². The molecule has 0 spiro atoms.